The zero-order valence-corrected chi connectivity index (χ0v) is 15.1. The molecule has 1 aliphatic heterocycles. The van der Waals surface area contributed by atoms with Crippen molar-refractivity contribution >= 4 is 5.96 Å². The highest BCUT2D eigenvalue weighted by atomic mass is 19.1. The summed E-state index contributed by atoms with van der Waals surface area (Å²) in [4.78, 5) is 8.82. The predicted octanol–water partition coefficient (Wildman–Crippen LogP) is 1.97. The molecule has 134 valence electrons. The molecular formula is C18H29FN4O. The van der Waals surface area contributed by atoms with E-state index in [1.807, 2.05) is 33.3 Å². The second-order valence-electron chi connectivity index (χ2n) is 6.52. The number of hydrogen-bond acceptors (Lipinski definition) is 3. The molecule has 0 radical (unpaired) electrons. The van der Waals surface area contributed by atoms with E-state index < -0.39 is 0 Å². The van der Waals surface area contributed by atoms with Crippen LogP contribution < -0.4 is 5.32 Å². The number of benzene rings is 1. The van der Waals surface area contributed by atoms with Crippen molar-refractivity contribution in [2.45, 2.75) is 12.5 Å². The fraction of sp³-hybridized carbons (Fsp3) is 0.611. The number of ether oxygens (including phenoxy) is 1. The van der Waals surface area contributed by atoms with E-state index in [1.165, 1.54) is 12.1 Å². The molecule has 2 rings (SSSR count). The summed E-state index contributed by atoms with van der Waals surface area (Å²) >= 11 is 0. The number of hydrogen-bond donors (Lipinski definition) is 1. The topological polar surface area (TPSA) is 40.1 Å². The zero-order valence-electron chi connectivity index (χ0n) is 15.1. The molecule has 2 unspecified atom stereocenters. The monoisotopic (exact) mass is 336 g/mol. The molecule has 0 amide bonds. The third-order valence-corrected chi connectivity index (χ3v) is 4.53. The average Bonchev–Trinajstić information content (AvgIpc) is 3.01. The molecule has 1 saturated heterocycles. The molecule has 0 saturated carbocycles. The van der Waals surface area contributed by atoms with Gasteiger partial charge in [-0.15, -0.1) is 0 Å². The maximum absolute atomic E-state index is 13.2. The fourth-order valence-electron chi connectivity index (χ4n) is 3.20. The van der Waals surface area contributed by atoms with Gasteiger partial charge < -0.3 is 19.9 Å². The van der Waals surface area contributed by atoms with E-state index in [1.54, 1.807) is 7.11 Å². The van der Waals surface area contributed by atoms with Crippen LogP contribution in [0.15, 0.2) is 29.3 Å². The van der Waals surface area contributed by atoms with E-state index in [0.717, 1.165) is 44.2 Å². The van der Waals surface area contributed by atoms with Crippen molar-refractivity contribution in [3.63, 3.8) is 0 Å². The van der Waals surface area contributed by atoms with Crippen LogP contribution in [0.5, 0.6) is 0 Å². The van der Waals surface area contributed by atoms with E-state index in [-0.39, 0.29) is 11.9 Å². The SMILES string of the molecule is CN=C(NCC(c1ccc(F)cc1)N(C)C)N1CCC(COC)C1. The summed E-state index contributed by atoms with van der Waals surface area (Å²) in [7, 11) is 7.63. The minimum atomic E-state index is -0.207. The normalized spacial score (nSPS) is 19.8. The Balaban J connectivity index is 1.96. The summed E-state index contributed by atoms with van der Waals surface area (Å²) in [6, 6.07) is 6.86. The van der Waals surface area contributed by atoms with Gasteiger partial charge in [-0.3, -0.25) is 4.99 Å². The fourth-order valence-corrected chi connectivity index (χ4v) is 3.20. The van der Waals surface area contributed by atoms with E-state index >= 15 is 0 Å². The van der Waals surface area contributed by atoms with Gasteiger partial charge in [0, 0.05) is 39.7 Å². The molecule has 0 bridgehead atoms. The third-order valence-electron chi connectivity index (χ3n) is 4.53. The first kappa shape index (κ1) is 18.7. The van der Waals surface area contributed by atoms with Crippen LogP contribution in [0, 0.1) is 11.7 Å². The van der Waals surface area contributed by atoms with Crippen molar-refractivity contribution in [2.24, 2.45) is 10.9 Å². The van der Waals surface area contributed by atoms with Gasteiger partial charge in [-0.1, -0.05) is 12.1 Å². The van der Waals surface area contributed by atoms with E-state index in [0.29, 0.717) is 5.92 Å². The minimum Gasteiger partial charge on any atom is -0.384 e. The van der Waals surface area contributed by atoms with Gasteiger partial charge in [0.05, 0.1) is 12.6 Å². The predicted molar refractivity (Wildman–Crippen MR) is 95.7 cm³/mol. The third kappa shape index (κ3) is 4.92. The number of aliphatic imine (C=N–C) groups is 1. The lowest BCUT2D eigenvalue weighted by Gasteiger charge is -2.28. The van der Waals surface area contributed by atoms with Crippen molar-refractivity contribution < 1.29 is 9.13 Å². The Hall–Kier alpha value is -1.66. The Morgan fingerprint density at radius 2 is 2.12 bits per heavy atom. The summed E-state index contributed by atoms with van der Waals surface area (Å²) in [5.41, 5.74) is 1.09. The first-order valence-corrected chi connectivity index (χ1v) is 8.41. The highest BCUT2D eigenvalue weighted by Gasteiger charge is 2.25. The second-order valence-corrected chi connectivity index (χ2v) is 6.52. The molecule has 1 aliphatic rings. The molecule has 1 aromatic carbocycles. The number of likely N-dealkylation sites (N-methyl/N-ethyl adjacent to an activating group) is 1. The van der Waals surface area contributed by atoms with E-state index in [9.17, 15) is 4.39 Å². The molecule has 0 aliphatic carbocycles. The van der Waals surface area contributed by atoms with Gasteiger partial charge in [0.25, 0.3) is 0 Å². The van der Waals surface area contributed by atoms with Crippen LogP contribution in [0.3, 0.4) is 0 Å². The van der Waals surface area contributed by atoms with Gasteiger partial charge in [-0.2, -0.15) is 0 Å². The Kier molecular flexibility index (Phi) is 6.99. The number of methoxy groups -OCH3 is 1. The number of likely N-dealkylation sites (tertiary alicyclic amines) is 1. The van der Waals surface area contributed by atoms with Crippen molar-refractivity contribution in [1.29, 1.82) is 0 Å². The molecule has 6 heteroatoms. The molecule has 0 spiro atoms. The number of halogens is 1. The Morgan fingerprint density at radius 1 is 1.42 bits per heavy atom. The lowest BCUT2D eigenvalue weighted by atomic mass is 10.1. The molecule has 1 heterocycles. The molecule has 5 nitrogen and oxygen atoms in total. The molecule has 1 aromatic rings. The van der Waals surface area contributed by atoms with Crippen LogP contribution in [0.25, 0.3) is 0 Å². The van der Waals surface area contributed by atoms with Crippen LogP contribution in [0.4, 0.5) is 4.39 Å². The van der Waals surface area contributed by atoms with Gasteiger partial charge in [-0.05, 0) is 38.2 Å². The van der Waals surface area contributed by atoms with Crippen molar-refractivity contribution in [1.82, 2.24) is 15.1 Å². The summed E-state index contributed by atoms with van der Waals surface area (Å²) < 4.78 is 18.4. The lowest BCUT2D eigenvalue weighted by Crippen LogP contribution is -2.43. The van der Waals surface area contributed by atoms with Crippen LogP contribution in [0.1, 0.15) is 18.0 Å². The quantitative estimate of drug-likeness (QED) is 0.637. The molecular weight excluding hydrogens is 307 g/mol. The van der Waals surface area contributed by atoms with Gasteiger partial charge in [0.1, 0.15) is 5.82 Å². The standard InChI is InChI=1S/C18H29FN4O/c1-20-18(23-10-9-14(12-23)13-24-4)21-11-17(22(2)3)15-5-7-16(19)8-6-15/h5-8,14,17H,9-13H2,1-4H3,(H,20,21). The number of nitrogens with zero attached hydrogens (tertiary/aromatic N) is 3. The Morgan fingerprint density at radius 3 is 2.71 bits per heavy atom. The molecule has 0 aromatic heterocycles. The van der Waals surface area contributed by atoms with Crippen molar-refractivity contribution in [3.05, 3.63) is 35.6 Å². The molecule has 2 atom stereocenters. The largest absolute Gasteiger partial charge is 0.384 e. The Labute approximate surface area is 144 Å². The van der Waals surface area contributed by atoms with Gasteiger partial charge >= 0.3 is 0 Å². The summed E-state index contributed by atoms with van der Waals surface area (Å²) in [6.07, 6.45) is 1.13. The molecule has 24 heavy (non-hydrogen) atoms. The zero-order chi connectivity index (χ0) is 17.5. The van der Waals surface area contributed by atoms with Crippen LogP contribution in [-0.2, 0) is 4.74 Å². The maximum atomic E-state index is 13.2. The maximum Gasteiger partial charge on any atom is 0.193 e. The number of nitrogens with one attached hydrogen (secondary N) is 1. The number of guanidine groups is 1. The molecule has 1 N–H and O–H groups in total. The van der Waals surface area contributed by atoms with Crippen LogP contribution in [0.2, 0.25) is 0 Å². The van der Waals surface area contributed by atoms with Gasteiger partial charge in [0.15, 0.2) is 5.96 Å². The van der Waals surface area contributed by atoms with E-state index in [2.05, 4.69) is 20.1 Å². The smallest absolute Gasteiger partial charge is 0.193 e. The van der Waals surface area contributed by atoms with Gasteiger partial charge in [0.2, 0.25) is 0 Å². The minimum absolute atomic E-state index is 0.153. The van der Waals surface area contributed by atoms with E-state index in [4.69, 9.17) is 4.74 Å². The molecule has 1 fully saturated rings. The summed E-state index contributed by atoms with van der Waals surface area (Å²) in [5, 5.41) is 3.47. The van der Waals surface area contributed by atoms with Crippen molar-refractivity contribution in [3.8, 4) is 0 Å². The lowest BCUT2D eigenvalue weighted by molar-refractivity contribution is 0.157. The Bertz CT molecular complexity index is 532. The second kappa shape index (κ2) is 8.99. The van der Waals surface area contributed by atoms with Gasteiger partial charge in [-0.25, -0.2) is 4.39 Å². The average molecular weight is 336 g/mol. The van der Waals surface area contributed by atoms with Crippen LogP contribution >= 0.6 is 0 Å². The first-order valence-electron chi connectivity index (χ1n) is 8.41. The van der Waals surface area contributed by atoms with Crippen molar-refractivity contribution in [2.75, 3.05) is 54.5 Å². The first-order chi connectivity index (χ1) is 11.5. The highest BCUT2D eigenvalue weighted by Crippen LogP contribution is 2.19. The number of rotatable bonds is 6. The van der Waals surface area contributed by atoms with Crippen LogP contribution in [-0.4, -0.2) is 70.3 Å². The highest BCUT2D eigenvalue weighted by molar-refractivity contribution is 5.80. The summed E-state index contributed by atoms with van der Waals surface area (Å²) in [6.45, 7) is 3.48. The summed E-state index contributed by atoms with van der Waals surface area (Å²) in [5.74, 6) is 1.28.